The van der Waals surface area contributed by atoms with Crippen molar-refractivity contribution in [3.05, 3.63) is 34.9 Å². The third-order valence-electron chi connectivity index (χ3n) is 3.75. The summed E-state index contributed by atoms with van der Waals surface area (Å²) < 4.78 is 5.35. The van der Waals surface area contributed by atoms with Crippen molar-refractivity contribution in [2.24, 2.45) is 0 Å². The minimum Gasteiger partial charge on any atom is -0.379 e. The molecule has 1 aliphatic heterocycles. The minimum atomic E-state index is 0.872. The van der Waals surface area contributed by atoms with Crippen molar-refractivity contribution in [3.8, 4) is 11.3 Å². The van der Waals surface area contributed by atoms with Crippen molar-refractivity contribution < 1.29 is 4.74 Å². The Kier molecular flexibility index (Phi) is 5.89. The molecule has 5 nitrogen and oxygen atoms in total. The average molecular weight is 318 g/mol. The number of ether oxygens (including phenoxy) is 1. The van der Waals surface area contributed by atoms with Gasteiger partial charge in [-0.1, -0.05) is 0 Å². The fraction of sp³-hybridized carbons (Fsp3) is 0.500. The molecule has 1 fully saturated rings. The topological polar surface area (TPSA) is 50.3 Å². The Morgan fingerprint density at radius 2 is 2.00 bits per heavy atom. The molecule has 0 unspecified atom stereocenters. The molecule has 0 radical (unpaired) electrons. The zero-order chi connectivity index (χ0) is 15.0. The van der Waals surface area contributed by atoms with E-state index in [9.17, 15) is 0 Å². The summed E-state index contributed by atoms with van der Waals surface area (Å²) in [6, 6.07) is 4.00. The fourth-order valence-corrected chi connectivity index (χ4v) is 3.27. The quantitative estimate of drug-likeness (QED) is 0.787. The second-order valence-corrected chi connectivity index (χ2v) is 6.26. The molecule has 3 heterocycles. The first-order chi connectivity index (χ1) is 10.9. The lowest BCUT2D eigenvalue weighted by molar-refractivity contribution is 0.0385. The lowest BCUT2D eigenvalue weighted by atomic mass is 10.2. The Bertz CT molecular complexity index is 554. The van der Waals surface area contributed by atoms with Gasteiger partial charge in [-0.2, -0.15) is 0 Å². The molecule has 0 atom stereocenters. The number of hydrogen-bond acceptors (Lipinski definition) is 6. The van der Waals surface area contributed by atoms with Crippen LogP contribution < -0.4 is 5.32 Å². The van der Waals surface area contributed by atoms with Crippen molar-refractivity contribution >= 4 is 11.3 Å². The fourth-order valence-electron chi connectivity index (χ4n) is 2.46. The van der Waals surface area contributed by atoms with Gasteiger partial charge in [-0.25, -0.2) is 4.98 Å². The summed E-state index contributed by atoms with van der Waals surface area (Å²) in [5.74, 6) is 0. The maximum atomic E-state index is 5.35. The summed E-state index contributed by atoms with van der Waals surface area (Å²) in [5.41, 5.74) is 2.19. The van der Waals surface area contributed by atoms with Crippen molar-refractivity contribution in [2.75, 3.05) is 45.9 Å². The highest BCUT2D eigenvalue weighted by molar-refractivity contribution is 7.09. The lowest BCUT2D eigenvalue weighted by Crippen LogP contribution is -2.40. The third kappa shape index (κ3) is 4.58. The number of aromatic nitrogens is 2. The molecule has 0 amide bonds. The van der Waals surface area contributed by atoms with Gasteiger partial charge in [0.2, 0.25) is 0 Å². The maximum absolute atomic E-state index is 5.35. The Balaban J connectivity index is 1.36. The standard InChI is InChI=1S/C16H22N4OS/c1-4-17-5-2-14(1)15-13-22-16(19-15)3-6-18-7-8-20-9-11-21-12-10-20/h1-2,4-5,13,18H,3,6-12H2. The van der Waals surface area contributed by atoms with E-state index in [-0.39, 0.29) is 0 Å². The van der Waals surface area contributed by atoms with Gasteiger partial charge in [-0.05, 0) is 12.1 Å². The Morgan fingerprint density at radius 3 is 2.82 bits per heavy atom. The zero-order valence-corrected chi connectivity index (χ0v) is 13.5. The van der Waals surface area contributed by atoms with Gasteiger partial charge < -0.3 is 10.1 Å². The van der Waals surface area contributed by atoms with Crippen LogP contribution in [0.3, 0.4) is 0 Å². The van der Waals surface area contributed by atoms with Gasteiger partial charge in [0.1, 0.15) is 0 Å². The van der Waals surface area contributed by atoms with Gasteiger partial charge in [-0.3, -0.25) is 9.88 Å². The first-order valence-corrected chi connectivity index (χ1v) is 8.65. The van der Waals surface area contributed by atoms with Crippen LogP contribution in [0.5, 0.6) is 0 Å². The largest absolute Gasteiger partial charge is 0.379 e. The molecule has 0 bridgehead atoms. The van der Waals surface area contributed by atoms with Gasteiger partial charge in [0.05, 0.1) is 23.9 Å². The van der Waals surface area contributed by atoms with Crippen LogP contribution in [0.15, 0.2) is 29.9 Å². The van der Waals surface area contributed by atoms with Crippen LogP contribution in [0, 0.1) is 0 Å². The number of morpholine rings is 1. The molecule has 118 valence electrons. The van der Waals surface area contributed by atoms with Gasteiger partial charge in [0.15, 0.2) is 0 Å². The number of rotatable bonds is 7. The number of thiazole rings is 1. The Labute approximate surface area is 135 Å². The summed E-state index contributed by atoms with van der Waals surface area (Å²) in [6.07, 6.45) is 4.60. The maximum Gasteiger partial charge on any atom is 0.0945 e. The van der Waals surface area contributed by atoms with Gasteiger partial charge in [0.25, 0.3) is 0 Å². The lowest BCUT2D eigenvalue weighted by Gasteiger charge is -2.26. The van der Waals surface area contributed by atoms with E-state index in [4.69, 9.17) is 9.72 Å². The van der Waals surface area contributed by atoms with Crippen LogP contribution in [0.1, 0.15) is 5.01 Å². The van der Waals surface area contributed by atoms with E-state index in [1.165, 1.54) is 5.01 Å². The van der Waals surface area contributed by atoms with Crippen molar-refractivity contribution in [1.82, 2.24) is 20.2 Å². The molecule has 0 aliphatic carbocycles. The molecule has 6 heteroatoms. The van der Waals surface area contributed by atoms with Crippen LogP contribution in [0.2, 0.25) is 0 Å². The minimum absolute atomic E-state index is 0.872. The van der Waals surface area contributed by atoms with Crippen LogP contribution in [-0.4, -0.2) is 60.8 Å². The monoisotopic (exact) mass is 318 g/mol. The predicted molar refractivity (Wildman–Crippen MR) is 89.2 cm³/mol. The highest BCUT2D eigenvalue weighted by atomic mass is 32.1. The van der Waals surface area contributed by atoms with Gasteiger partial charge in [0, 0.05) is 62.5 Å². The number of nitrogens with one attached hydrogen (secondary N) is 1. The molecule has 2 aromatic rings. The highest BCUT2D eigenvalue weighted by Crippen LogP contribution is 2.21. The molecule has 0 aromatic carbocycles. The normalized spacial score (nSPS) is 16.0. The first-order valence-electron chi connectivity index (χ1n) is 7.77. The summed E-state index contributed by atoms with van der Waals surface area (Å²) in [5, 5.41) is 6.81. The SMILES string of the molecule is c1cc(-c2csc(CCNCCN3CCOCC3)n2)ccn1. The summed E-state index contributed by atoms with van der Waals surface area (Å²) in [4.78, 5) is 11.2. The van der Waals surface area contributed by atoms with Crippen molar-refractivity contribution in [3.63, 3.8) is 0 Å². The number of nitrogens with zero attached hydrogens (tertiary/aromatic N) is 3. The molecular formula is C16H22N4OS. The van der Waals surface area contributed by atoms with Gasteiger partial charge in [-0.15, -0.1) is 11.3 Å². The van der Waals surface area contributed by atoms with Crippen LogP contribution in [0.25, 0.3) is 11.3 Å². The summed E-state index contributed by atoms with van der Waals surface area (Å²) in [6.45, 7) is 6.97. The van der Waals surface area contributed by atoms with E-state index in [2.05, 4.69) is 20.6 Å². The molecule has 1 N–H and O–H groups in total. The molecule has 1 aliphatic rings. The first kappa shape index (κ1) is 15.6. The van der Waals surface area contributed by atoms with Crippen LogP contribution >= 0.6 is 11.3 Å². The Morgan fingerprint density at radius 1 is 1.18 bits per heavy atom. The second kappa shape index (κ2) is 8.33. The van der Waals surface area contributed by atoms with Crippen LogP contribution in [-0.2, 0) is 11.2 Å². The van der Waals surface area contributed by atoms with Crippen molar-refractivity contribution in [2.45, 2.75) is 6.42 Å². The average Bonchev–Trinajstić information content (AvgIpc) is 3.05. The van der Waals surface area contributed by atoms with E-state index in [0.29, 0.717) is 0 Å². The molecule has 0 spiro atoms. The summed E-state index contributed by atoms with van der Waals surface area (Å²) >= 11 is 1.73. The zero-order valence-electron chi connectivity index (χ0n) is 12.7. The van der Waals surface area contributed by atoms with E-state index in [1.54, 1.807) is 11.3 Å². The summed E-state index contributed by atoms with van der Waals surface area (Å²) in [7, 11) is 0. The Hall–Kier alpha value is -1.34. The molecule has 1 saturated heterocycles. The van der Waals surface area contributed by atoms with E-state index >= 15 is 0 Å². The molecule has 3 rings (SSSR count). The van der Waals surface area contributed by atoms with E-state index in [0.717, 1.165) is 63.6 Å². The van der Waals surface area contributed by atoms with Gasteiger partial charge >= 0.3 is 0 Å². The van der Waals surface area contributed by atoms with Crippen molar-refractivity contribution in [1.29, 1.82) is 0 Å². The van der Waals surface area contributed by atoms with E-state index in [1.807, 2.05) is 24.5 Å². The number of hydrogen-bond donors (Lipinski definition) is 1. The van der Waals surface area contributed by atoms with E-state index < -0.39 is 0 Å². The smallest absolute Gasteiger partial charge is 0.0945 e. The molecule has 2 aromatic heterocycles. The van der Waals surface area contributed by atoms with Crippen LogP contribution in [0.4, 0.5) is 0 Å². The second-order valence-electron chi connectivity index (χ2n) is 5.32. The third-order valence-corrected chi connectivity index (χ3v) is 4.66. The molecule has 0 saturated carbocycles. The highest BCUT2D eigenvalue weighted by Gasteiger charge is 2.09. The molecule has 22 heavy (non-hydrogen) atoms. The predicted octanol–water partition coefficient (Wildman–Crippen LogP) is 1.67. The number of pyridine rings is 1. The molecular weight excluding hydrogens is 296 g/mol.